The van der Waals surface area contributed by atoms with Crippen molar-refractivity contribution in [3.8, 4) is 5.75 Å². The van der Waals surface area contributed by atoms with Crippen molar-refractivity contribution in [1.82, 2.24) is 5.32 Å². The number of nitrogens with zero attached hydrogens (tertiary/aromatic N) is 2. The molecule has 12 nitrogen and oxygen atoms in total. The lowest BCUT2D eigenvalue weighted by Gasteiger charge is -2.28. The van der Waals surface area contributed by atoms with E-state index in [0.717, 1.165) is 5.39 Å². The van der Waals surface area contributed by atoms with Gasteiger partial charge in [0.25, 0.3) is 17.5 Å². The van der Waals surface area contributed by atoms with Crippen molar-refractivity contribution in [2.75, 3.05) is 48.9 Å². The van der Waals surface area contributed by atoms with E-state index in [1.54, 1.807) is 36.4 Å². The molecule has 2 heterocycles. The van der Waals surface area contributed by atoms with Gasteiger partial charge in [0.2, 0.25) is 0 Å². The van der Waals surface area contributed by atoms with Crippen LogP contribution in [0.5, 0.6) is 5.75 Å². The highest BCUT2D eigenvalue weighted by molar-refractivity contribution is 7.80. The van der Waals surface area contributed by atoms with Crippen LogP contribution in [0.1, 0.15) is 20.9 Å². The van der Waals surface area contributed by atoms with Gasteiger partial charge in [0.15, 0.2) is 10.9 Å². The van der Waals surface area contributed by atoms with Crippen LogP contribution in [0.2, 0.25) is 0 Å². The molecule has 1 aromatic heterocycles. The number of hydrogen-bond acceptors (Lipinski definition) is 9. The summed E-state index contributed by atoms with van der Waals surface area (Å²) in [5.41, 5.74) is 1.80. The molecule has 0 unspecified atom stereocenters. The second-order valence-corrected chi connectivity index (χ2v) is 9.39. The van der Waals surface area contributed by atoms with Gasteiger partial charge in [-0.15, -0.1) is 0 Å². The number of carbonyl (C=O) groups is 2. The number of nitro benzene ring substituents is 1. The first-order valence-electron chi connectivity index (χ1n) is 12.5. The average Bonchev–Trinajstić information content (AvgIpc) is 3.42. The second-order valence-electron chi connectivity index (χ2n) is 8.99. The van der Waals surface area contributed by atoms with Crippen LogP contribution in [0.15, 0.2) is 71.1 Å². The van der Waals surface area contributed by atoms with Gasteiger partial charge in [-0.05, 0) is 48.6 Å². The predicted octanol–water partition coefficient (Wildman–Crippen LogP) is 4.57. The average molecular weight is 576 g/mol. The third-order valence-electron chi connectivity index (χ3n) is 6.37. The molecule has 1 fully saturated rings. The Labute approximate surface area is 239 Å². The highest BCUT2D eigenvalue weighted by Crippen LogP contribution is 2.31. The maximum absolute atomic E-state index is 12.8. The van der Waals surface area contributed by atoms with E-state index < -0.39 is 16.7 Å². The van der Waals surface area contributed by atoms with Gasteiger partial charge >= 0.3 is 0 Å². The maximum Gasteiger partial charge on any atom is 0.293 e. The number of anilines is 3. The van der Waals surface area contributed by atoms with Gasteiger partial charge in [-0.25, -0.2) is 0 Å². The van der Waals surface area contributed by atoms with Crippen LogP contribution in [-0.4, -0.2) is 55.3 Å². The molecule has 1 aliphatic rings. The highest BCUT2D eigenvalue weighted by atomic mass is 32.1. The molecular weight excluding hydrogens is 550 g/mol. The van der Waals surface area contributed by atoms with Gasteiger partial charge in [0.05, 0.1) is 30.9 Å². The summed E-state index contributed by atoms with van der Waals surface area (Å²) in [7, 11) is 1.45. The van der Waals surface area contributed by atoms with Crippen molar-refractivity contribution in [2.45, 2.75) is 0 Å². The molecule has 210 valence electrons. The number of para-hydroxylation sites is 1. The molecule has 4 aromatic rings. The third kappa shape index (κ3) is 6.26. The minimum absolute atomic E-state index is 0.0315. The SMILES string of the molecule is COc1cc(NC(=S)NC(=O)c2ccc(N3CCOCC3)c([N+](=O)[O-])c2)ccc1NC(=O)c1cc2ccccc2o1. The van der Waals surface area contributed by atoms with Crippen molar-refractivity contribution in [2.24, 2.45) is 0 Å². The van der Waals surface area contributed by atoms with Crippen LogP contribution in [0, 0.1) is 10.1 Å². The van der Waals surface area contributed by atoms with Crippen LogP contribution in [0.3, 0.4) is 0 Å². The number of hydrogen-bond donors (Lipinski definition) is 3. The summed E-state index contributed by atoms with van der Waals surface area (Å²) >= 11 is 5.28. The number of methoxy groups -OCH3 is 1. The van der Waals surface area contributed by atoms with Crippen molar-refractivity contribution >= 4 is 62.9 Å². The number of amides is 2. The number of nitro groups is 1. The lowest BCUT2D eigenvalue weighted by atomic mass is 10.1. The fourth-order valence-electron chi connectivity index (χ4n) is 4.37. The lowest BCUT2D eigenvalue weighted by Crippen LogP contribution is -2.37. The second kappa shape index (κ2) is 12.0. The topological polar surface area (TPSA) is 148 Å². The van der Waals surface area contributed by atoms with Gasteiger partial charge in [0, 0.05) is 41.9 Å². The Morgan fingerprint density at radius 2 is 1.78 bits per heavy atom. The molecule has 3 aromatic carbocycles. The smallest absolute Gasteiger partial charge is 0.293 e. The van der Waals surface area contributed by atoms with Crippen LogP contribution < -0.4 is 25.6 Å². The number of carbonyl (C=O) groups excluding carboxylic acids is 2. The zero-order valence-electron chi connectivity index (χ0n) is 21.8. The molecule has 0 aliphatic carbocycles. The molecule has 13 heteroatoms. The van der Waals surface area contributed by atoms with Crippen LogP contribution in [-0.2, 0) is 4.74 Å². The molecule has 2 amide bonds. The largest absolute Gasteiger partial charge is 0.494 e. The molecule has 3 N–H and O–H groups in total. The number of furan rings is 1. The number of nitrogens with one attached hydrogen (secondary N) is 3. The minimum Gasteiger partial charge on any atom is -0.494 e. The van der Waals surface area contributed by atoms with Crippen LogP contribution in [0.25, 0.3) is 11.0 Å². The Hall–Kier alpha value is -5.01. The first-order valence-corrected chi connectivity index (χ1v) is 12.9. The van der Waals surface area contributed by atoms with E-state index in [4.69, 9.17) is 26.1 Å². The summed E-state index contributed by atoms with van der Waals surface area (Å²) in [6.45, 7) is 1.98. The highest BCUT2D eigenvalue weighted by Gasteiger charge is 2.24. The number of thiocarbonyl (C=S) groups is 1. The number of benzene rings is 3. The molecule has 1 aliphatic heterocycles. The number of fused-ring (bicyclic) bond motifs is 1. The normalized spacial score (nSPS) is 13.0. The van der Waals surface area contributed by atoms with E-state index >= 15 is 0 Å². The quantitative estimate of drug-likeness (QED) is 0.163. The zero-order valence-corrected chi connectivity index (χ0v) is 22.7. The summed E-state index contributed by atoms with van der Waals surface area (Å²) in [4.78, 5) is 38.6. The Bertz CT molecular complexity index is 1620. The van der Waals surface area contributed by atoms with E-state index in [0.29, 0.717) is 54.7 Å². The van der Waals surface area contributed by atoms with Crippen molar-refractivity contribution < 1.29 is 28.4 Å². The monoisotopic (exact) mass is 575 g/mol. The molecule has 0 atom stereocenters. The van der Waals surface area contributed by atoms with Gasteiger partial charge in [-0.1, -0.05) is 18.2 Å². The van der Waals surface area contributed by atoms with Crippen molar-refractivity contribution in [3.63, 3.8) is 0 Å². The minimum atomic E-state index is -0.610. The predicted molar refractivity (Wildman–Crippen MR) is 157 cm³/mol. The summed E-state index contributed by atoms with van der Waals surface area (Å²) in [5.74, 6) is -0.571. The van der Waals surface area contributed by atoms with Crippen LogP contribution in [0.4, 0.5) is 22.7 Å². The van der Waals surface area contributed by atoms with E-state index in [9.17, 15) is 19.7 Å². The summed E-state index contributed by atoms with van der Waals surface area (Å²) < 4.78 is 16.4. The summed E-state index contributed by atoms with van der Waals surface area (Å²) in [5, 5.41) is 20.7. The Morgan fingerprint density at radius 3 is 2.51 bits per heavy atom. The molecule has 5 rings (SSSR count). The Balaban J connectivity index is 1.24. The maximum atomic E-state index is 12.8. The molecule has 41 heavy (non-hydrogen) atoms. The molecule has 0 spiro atoms. The van der Waals surface area contributed by atoms with Gasteiger partial charge in [-0.2, -0.15) is 0 Å². The fourth-order valence-corrected chi connectivity index (χ4v) is 4.58. The molecule has 1 saturated heterocycles. The van der Waals surface area contributed by atoms with Crippen molar-refractivity contribution in [3.05, 3.63) is 88.2 Å². The van der Waals surface area contributed by atoms with E-state index in [1.165, 1.54) is 19.2 Å². The van der Waals surface area contributed by atoms with Gasteiger partial charge in [0.1, 0.15) is 17.0 Å². The molecule has 0 saturated carbocycles. The Kier molecular flexibility index (Phi) is 8.08. The summed E-state index contributed by atoms with van der Waals surface area (Å²) in [6, 6.07) is 18.1. The Morgan fingerprint density at radius 1 is 1.00 bits per heavy atom. The van der Waals surface area contributed by atoms with Crippen LogP contribution >= 0.6 is 12.2 Å². The zero-order chi connectivity index (χ0) is 28.9. The first-order chi connectivity index (χ1) is 19.8. The van der Waals surface area contributed by atoms with Gasteiger partial charge < -0.3 is 29.4 Å². The third-order valence-corrected chi connectivity index (χ3v) is 6.57. The first kappa shape index (κ1) is 27.6. The number of morpholine rings is 1. The molecule has 0 bridgehead atoms. The van der Waals surface area contributed by atoms with E-state index in [1.807, 2.05) is 23.1 Å². The fraction of sp³-hybridized carbons (Fsp3) is 0.179. The molecular formula is C28H25N5O7S. The van der Waals surface area contributed by atoms with Crippen molar-refractivity contribution in [1.29, 1.82) is 0 Å². The standard InChI is InChI=1S/C28H25N5O7S/c1-38-24-16-19(7-8-20(24)30-27(35)25-15-17-4-2-3-5-23(17)40-25)29-28(41)31-26(34)18-6-9-21(22(14-18)33(36)37)32-10-12-39-13-11-32/h2-9,14-16H,10-13H2,1H3,(H,30,35)(H2,29,31,34,41). The van der Waals surface area contributed by atoms with Gasteiger partial charge in [-0.3, -0.25) is 25.0 Å². The number of rotatable bonds is 7. The van der Waals surface area contributed by atoms with E-state index in [2.05, 4.69) is 16.0 Å². The lowest BCUT2D eigenvalue weighted by molar-refractivity contribution is -0.384. The van der Waals surface area contributed by atoms with E-state index in [-0.39, 0.29) is 22.1 Å². The summed E-state index contributed by atoms with van der Waals surface area (Å²) in [6.07, 6.45) is 0. The molecule has 0 radical (unpaired) electrons. The number of ether oxygens (including phenoxy) is 2.